The fourth-order valence-corrected chi connectivity index (χ4v) is 3.61. The molecule has 2 fully saturated rings. The van der Waals surface area contributed by atoms with E-state index in [0.717, 1.165) is 24.1 Å². The van der Waals surface area contributed by atoms with Crippen LogP contribution >= 0.6 is 24.0 Å². The summed E-state index contributed by atoms with van der Waals surface area (Å²) in [6.45, 7) is 1.16. The van der Waals surface area contributed by atoms with Crippen molar-refractivity contribution in [3.05, 3.63) is 29.8 Å². The summed E-state index contributed by atoms with van der Waals surface area (Å²) in [4.78, 5) is 16.6. The molecule has 1 saturated heterocycles. The number of carbonyl (C=O) groups excluding carboxylic acids is 1. The molecular formula is C20H31IN4O2. The van der Waals surface area contributed by atoms with Crippen molar-refractivity contribution in [2.24, 2.45) is 10.7 Å². The van der Waals surface area contributed by atoms with Gasteiger partial charge in [0.15, 0.2) is 5.96 Å². The van der Waals surface area contributed by atoms with Crippen LogP contribution in [0.15, 0.2) is 29.3 Å². The summed E-state index contributed by atoms with van der Waals surface area (Å²) in [6, 6.07) is 8.18. The third-order valence-electron chi connectivity index (χ3n) is 5.06. The molecule has 1 heterocycles. The van der Waals surface area contributed by atoms with Crippen LogP contribution in [-0.4, -0.2) is 30.6 Å². The smallest absolute Gasteiger partial charge is 0.253 e. The maximum Gasteiger partial charge on any atom is 0.253 e. The lowest BCUT2D eigenvalue weighted by molar-refractivity contribution is -0.124. The summed E-state index contributed by atoms with van der Waals surface area (Å²) >= 11 is 0. The van der Waals surface area contributed by atoms with Crippen LogP contribution in [-0.2, 0) is 16.1 Å². The van der Waals surface area contributed by atoms with Gasteiger partial charge in [-0.2, -0.15) is 0 Å². The van der Waals surface area contributed by atoms with E-state index in [1.54, 1.807) is 0 Å². The second-order valence-electron chi connectivity index (χ2n) is 7.23. The van der Waals surface area contributed by atoms with Gasteiger partial charge in [0.05, 0.1) is 6.54 Å². The predicted octanol–water partition coefficient (Wildman–Crippen LogP) is 3.55. The van der Waals surface area contributed by atoms with Gasteiger partial charge >= 0.3 is 0 Å². The number of nitrogens with two attached hydrogens (primary N) is 1. The first-order valence-electron chi connectivity index (χ1n) is 9.78. The molecule has 1 atom stereocenters. The number of rotatable bonds is 5. The van der Waals surface area contributed by atoms with Crippen LogP contribution in [0.3, 0.4) is 0 Å². The van der Waals surface area contributed by atoms with Gasteiger partial charge in [0, 0.05) is 18.3 Å². The molecule has 6 nitrogen and oxygen atoms in total. The van der Waals surface area contributed by atoms with Crippen molar-refractivity contribution in [2.45, 2.75) is 70.1 Å². The average molecular weight is 486 g/mol. The second-order valence-corrected chi connectivity index (χ2v) is 7.23. The van der Waals surface area contributed by atoms with E-state index < -0.39 is 0 Å². The van der Waals surface area contributed by atoms with Gasteiger partial charge in [-0.3, -0.25) is 4.79 Å². The number of benzene rings is 1. The first-order valence-corrected chi connectivity index (χ1v) is 9.78. The molecule has 150 valence electrons. The average Bonchev–Trinajstić information content (AvgIpc) is 3.06. The Bertz CT molecular complexity index is 624. The zero-order chi connectivity index (χ0) is 18.2. The van der Waals surface area contributed by atoms with Crippen LogP contribution in [0.1, 0.15) is 56.9 Å². The fraction of sp³-hybridized carbons (Fsp3) is 0.600. The molecule has 1 aromatic carbocycles. The first-order chi connectivity index (χ1) is 12.7. The van der Waals surface area contributed by atoms with Gasteiger partial charge in [-0.05, 0) is 43.4 Å². The largest absolute Gasteiger partial charge is 0.370 e. The van der Waals surface area contributed by atoms with Crippen molar-refractivity contribution in [1.29, 1.82) is 0 Å². The summed E-state index contributed by atoms with van der Waals surface area (Å²) in [6.07, 6.45) is 8.91. The van der Waals surface area contributed by atoms with Crippen molar-refractivity contribution >= 4 is 41.5 Å². The molecule has 0 spiro atoms. The summed E-state index contributed by atoms with van der Waals surface area (Å²) in [7, 11) is 0. The Labute approximate surface area is 178 Å². The normalized spacial score (nSPS) is 21.2. The molecule has 1 unspecified atom stereocenters. The minimum Gasteiger partial charge on any atom is -0.370 e. The Morgan fingerprint density at radius 1 is 1.15 bits per heavy atom. The molecule has 1 aliphatic carbocycles. The molecule has 4 N–H and O–H groups in total. The zero-order valence-corrected chi connectivity index (χ0v) is 18.1. The Balaban J connectivity index is 0.00000261. The van der Waals surface area contributed by atoms with E-state index >= 15 is 0 Å². The number of aliphatic imine (C=N–C) groups is 1. The molecule has 3 rings (SSSR count). The fourth-order valence-electron chi connectivity index (χ4n) is 3.61. The number of nitrogens with one attached hydrogen (secondary N) is 2. The Kier molecular flexibility index (Phi) is 9.33. The highest BCUT2D eigenvalue weighted by Gasteiger charge is 2.23. The van der Waals surface area contributed by atoms with Crippen LogP contribution in [0, 0.1) is 0 Å². The molecule has 0 aromatic heterocycles. The van der Waals surface area contributed by atoms with Crippen LogP contribution in [0.4, 0.5) is 5.69 Å². The molecule has 0 radical (unpaired) electrons. The van der Waals surface area contributed by atoms with Gasteiger partial charge in [-0.1, -0.05) is 37.8 Å². The number of nitrogens with zero attached hydrogens (tertiary/aromatic N) is 1. The molecule has 27 heavy (non-hydrogen) atoms. The molecule has 1 saturated carbocycles. The van der Waals surface area contributed by atoms with Crippen molar-refractivity contribution in [3.8, 4) is 0 Å². The minimum atomic E-state index is -0.323. The van der Waals surface area contributed by atoms with Crippen molar-refractivity contribution in [2.75, 3.05) is 11.9 Å². The highest BCUT2D eigenvalue weighted by atomic mass is 127. The molecule has 7 heteroatoms. The van der Waals surface area contributed by atoms with Crippen molar-refractivity contribution < 1.29 is 9.53 Å². The zero-order valence-electron chi connectivity index (χ0n) is 15.8. The predicted molar refractivity (Wildman–Crippen MR) is 119 cm³/mol. The Morgan fingerprint density at radius 3 is 2.63 bits per heavy atom. The Hall–Kier alpha value is -1.35. The van der Waals surface area contributed by atoms with Crippen LogP contribution in [0.2, 0.25) is 0 Å². The maximum atomic E-state index is 12.1. The summed E-state index contributed by atoms with van der Waals surface area (Å²) in [5.41, 5.74) is 7.84. The van der Waals surface area contributed by atoms with E-state index in [0.29, 0.717) is 25.2 Å². The first kappa shape index (κ1) is 21.9. The van der Waals surface area contributed by atoms with E-state index in [4.69, 9.17) is 10.5 Å². The number of carbonyl (C=O) groups is 1. The van der Waals surface area contributed by atoms with Crippen LogP contribution in [0.25, 0.3) is 0 Å². The minimum absolute atomic E-state index is 0. The molecule has 0 bridgehead atoms. The summed E-state index contributed by atoms with van der Waals surface area (Å²) in [5, 5.41) is 6.28. The van der Waals surface area contributed by atoms with E-state index in [9.17, 15) is 4.79 Å². The third kappa shape index (κ3) is 7.29. The highest BCUT2D eigenvalue weighted by molar-refractivity contribution is 14.0. The maximum absolute atomic E-state index is 12.1. The lowest BCUT2D eigenvalue weighted by Crippen LogP contribution is -2.39. The molecule has 2 aliphatic rings. The van der Waals surface area contributed by atoms with Gasteiger partial charge in [0.2, 0.25) is 0 Å². The van der Waals surface area contributed by atoms with Gasteiger partial charge in [-0.15, -0.1) is 24.0 Å². The summed E-state index contributed by atoms with van der Waals surface area (Å²) in [5.74, 6) is 0.434. The SMILES string of the molecule is I.NC(=NCc1cccc(NC(=O)C2CCCO2)c1)NC1CCCCCC1. The summed E-state index contributed by atoms with van der Waals surface area (Å²) < 4.78 is 5.42. The quantitative estimate of drug-likeness (QED) is 0.257. The molecule has 1 aromatic rings. The van der Waals surface area contributed by atoms with Gasteiger partial charge in [0.1, 0.15) is 6.10 Å². The number of anilines is 1. The number of hydrogen-bond acceptors (Lipinski definition) is 3. The molecular weight excluding hydrogens is 455 g/mol. The standard InChI is InChI=1S/C20H30N4O2.HI/c21-20(24-16-8-3-1-2-4-9-16)22-14-15-7-5-10-17(13-15)23-19(25)18-11-6-12-26-18;/h5,7,10,13,16,18H,1-4,6,8-9,11-12,14H2,(H,23,25)(H3,21,22,24);1H. The van der Waals surface area contributed by atoms with E-state index in [1.807, 2.05) is 24.3 Å². The van der Waals surface area contributed by atoms with Crippen molar-refractivity contribution in [1.82, 2.24) is 5.32 Å². The lowest BCUT2D eigenvalue weighted by Gasteiger charge is -2.16. The number of hydrogen-bond donors (Lipinski definition) is 3. The number of halogens is 1. The van der Waals surface area contributed by atoms with Crippen LogP contribution < -0.4 is 16.4 Å². The van der Waals surface area contributed by atoms with E-state index in [-0.39, 0.29) is 36.0 Å². The van der Waals surface area contributed by atoms with Gasteiger partial charge < -0.3 is 21.1 Å². The molecule has 1 amide bonds. The van der Waals surface area contributed by atoms with Crippen LogP contribution in [0.5, 0.6) is 0 Å². The van der Waals surface area contributed by atoms with E-state index in [1.165, 1.54) is 38.5 Å². The van der Waals surface area contributed by atoms with E-state index in [2.05, 4.69) is 15.6 Å². The number of ether oxygens (including phenoxy) is 1. The lowest BCUT2D eigenvalue weighted by atomic mass is 10.1. The highest BCUT2D eigenvalue weighted by Crippen LogP contribution is 2.18. The van der Waals surface area contributed by atoms with Gasteiger partial charge in [0.25, 0.3) is 5.91 Å². The second kappa shape index (κ2) is 11.5. The third-order valence-corrected chi connectivity index (χ3v) is 5.06. The topological polar surface area (TPSA) is 88.7 Å². The number of amides is 1. The monoisotopic (exact) mass is 486 g/mol. The number of guanidine groups is 1. The van der Waals surface area contributed by atoms with Crippen molar-refractivity contribution in [3.63, 3.8) is 0 Å². The van der Waals surface area contributed by atoms with Gasteiger partial charge in [-0.25, -0.2) is 4.99 Å². The molecule has 1 aliphatic heterocycles. The Morgan fingerprint density at radius 2 is 1.93 bits per heavy atom.